The lowest BCUT2D eigenvalue weighted by Crippen LogP contribution is -2.11. The predicted molar refractivity (Wildman–Crippen MR) is 104 cm³/mol. The first-order valence-corrected chi connectivity index (χ1v) is 9.64. The summed E-state index contributed by atoms with van der Waals surface area (Å²) in [6, 6.07) is 10.6. The quantitative estimate of drug-likeness (QED) is 0.684. The summed E-state index contributed by atoms with van der Waals surface area (Å²) in [6.07, 6.45) is 1.38. The van der Waals surface area contributed by atoms with Crippen molar-refractivity contribution in [1.82, 2.24) is 0 Å². The number of hydrogen-bond donors (Lipinski definition) is 2. The van der Waals surface area contributed by atoms with Gasteiger partial charge in [-0.25, -0.2) is 0 Å². The highest BCUT2D eigenvalue weighted by molar-refractivity contribution is 9.10. The van der Waals surface area contributed by atoms with Crippen molar-refractivity contribution >= 4 is 49.6 Å². The number of primary amides is 1. The molecule has 8 heteroatoms. The number of nitrogens with two attached hydrogens (primary N) is 1. The molecule has 3 N–H and O–H groups in total. The number of carbonyl (C=O) groups excluding carboxylic acids is 1. The summed E-state index contributed by atoms with van der Waals surface area (Å²) in [4.78, 5) is 10.7. The van der Waals surface area contributed by atoms with Crippen LogP contribution in [0.4, 0.5) is 0 Å². The van der Waals surface area contributed by atoms with Crippen molar-refractivity contribution in [1.29, 1.82) is 0 Å². The minimum absolute atomic E-state index is 0.342. The molecule has 5 nitrogen and oxygen atoms in total. The second-order valence-electron chi connectivity index (χ2n) is 5.17. The molecule has 0 unspecified atom stereocenters. The summed E-state index contributed by atoms with van der Waals surface area (Å²) in [7, 11) is -4.03. The molecule has 0 heterocycles. The first-order valence-electron chi connectivity index (χ1n) is 6.97. The van der Waals surface area contributed by atoms with Crippen LogP contribution in [0.1, 0.15) is 27.0 Å². The third-order valence-electron chi connectivity index (χ3n) is 3.04. The molecule has 2 rings (SSSR count). The Hall–Kier alpha value is -1.67. The maximum Gasteiger partial charge on any atom is 0.287 e. The molecule has 0 atom stereocenters. The molecule has 0 saturated heterocycles. The van der Waals surface area contributed by atoms with Gasteiger partial charge in [-0.15, -0.1) is 0 Å². The first-order chi connectivity index (χ1) is 11.5. The highest BCUT2D eigenvalue weighted by Gasteiger charge is 2.05. The molecule has 2 aromatic carbocycles. The predicted octanol–water partition coefficient (Wildman–Crippen LogP) is 4.36. The van der Waals surface area contributed by atoms with Crippen LogP contribution in [-0.2, 0) is 10.1 Å². The van der Waals surface area contributed by atoms with Gasteiger partial charge in [-0.3, -0.25) is 9.35 Å². The van der Waals surface area contributed by atoms with Crippen molar-refractivity contribution in [3.05, 3.63) is 73.6 Å². The largest absolute Gasteiger partial charge is 0.366 e. The second kappa shape index (κ2) is 9.15. The van der Waals surface area contributed by atoms with Crippen molar-refractivity contribution in [2.45, 2.75) is 13.8 Å². The molecule has 0 aliphatic rings. The molecule has 0 bridgehead atoms. The van der Waals surface area contributed by atoms with Crippen molar-refractivity contribution in [3.63, 3.8) is 0 Å². The van der Waals surface area contributed by atoms with Gasteiger partial charge in [0.2, 0.25) is 5.91 Å². The minimum Gasteiger partial charge on any atom is -0.366 e. The summed E-state index contributed by atoms with van der Waals surface area (Å²) in [5, 5.41) is 1.15. The maximum atomic E-state index is 10.7. The SMILES string of the molecule is Cc1ccc(C=CS(=O)(=O)O)c(C)c1.NC(=O)c1ccc(Br)cc1Cl. The highest BCUT2D eigenvalue weighted by atomic mass is 79.9. The zero-order valence-electron chi connectivity index (χ0n) is 13.5. The molecule has 25 heavy (non-hydrogen) atoms. The molecular weight excluding hydrogens is 430 g/mol. The van der Waals surface area contributed by atoms with E-state index in [0.717, 1.165) is 26.6 Å². The number of amides is 1. The van der Waals surface area contributed by atoms with Crippen LogP contribution in [0.15, 0.2) is 46.3 Å². The van der Waals surface area contributed by atoms with Gasteiger partial charge >= 0.3 is 0 Å². The Morgan fingerprint density at radius 3 is 2.32 bits per heavy atom. The van der Waals surface area contributed by atoms with Crippen LogP contribution >= 0.6 is 27.5 Å². The van der Waals surface area contributed by atoms with Gasteiger partial charge in [0.1, 0.15) is 0 Å². The van der Waals surface area contributed by atoms with Gasteiger partial charge in [0.15, 0.2) is 0 Å². The Kier molecular flexibility index (Phi) is 7.82. The molecular formula is C17H17BrClNO4S. The molecule has 0 saturated carbocycles. The number of halogens is 2. The van der Waals surface area contributed by atoms with E-state index in [-0.39, 0.29) is 0 Å². The fourth-order valence-corrected chi connectivity index (χ4v) is 2.95. The van der Waals surface area contributed by atoms with Crippen molar-refractivity contribution in [2.24, 2.45) is 5.73 Å². The van der Waals surface area contributed by atoms with Crippen molar-refractivity contribution in [2.75, 3.05) is 0 Å². The van der Waals surface area contributed by atoms with E-state index in [4.69, 9.17) is 21.9 Å². The van der Waals surface area contributed by atoms with Gasteiger partial charge in [0.25, 0.3) is 10.1 Å². The average Bonchev–Trinajstić information content (AvgIpc) is 2.45. The molecule has 0 spiro atoms. The third kappa shape index (κ3) is 7.83. The number of benzene rings is 2. The summed E-state index contributed by atoms with van der Waals surface area (Å²) in [5.41, 5.74) is 8.25. The van der Waals surface area contributed by atoms with E-state index in [2.05, 4.69) is 15.9 Å². The molecule has 0 aliphatic heterocycles. The monoisotopic (exact) mass is 445 g/mol. The van der Waals surface area contributed by atoms with E-state index in [9.17, 15) is 13.2 Å². The van der Waals surface area contributed by atoms with Crippen LogP contribution < -0.4 is 5.73 Å². The van der Waals surface area contributed by atoms with Crippen molar-refractivity contribution in [3.8, 4) is 0 Å². The van der Waals surface area contributed by atoms with Gasteiger partial charge < -0.3 is 5.73 Å². The summed E-state index contributed by atoms with van der Waals surface area (Å²) in [6.45, 7) is 3.85. The Labute approximate surface area is 160 Å². The molecule has 0 radical (unpaired) electrons. The Morgan fingerprint density at radius 2 is 1.84 bits per heavy atom. The number of hydrogen-bond acceptors (Lipinski definition) is 3. The van der Waals surface area contributed by atoms with Crippen LogP contribution in [0.25, 0.3) is 6.08 Å². The molecule has 134 valence electrons. The minimum atomic E-state index is -4.03. The fraction of sp³-hybridized carbons (Fsp3) is 0.118. The van der Waals surface area contributed by atoms with Gasteiger partial charge in [-0.05, 0) is 49.2 Å². The zero-order valence-corrected chi connectivity index (χ0v) is 16.7. The molecule has 0 aromatic heterocycles. The smallest absolute Gasteiger partial charge is 0.287 e. The molecule has 1 amide bonds. The van der Waals surface area contributed by atoms with E-state index in [1.54, 1.807) is 18.2 Å². The van der Waals surface area contributed by atoms with Crippen molar-refractivity contribution < 1.29 is 17.8 Å². The highest BCUT2D eigenvalue weighted by Crippen LogP contribution is 2.20. The summed E-state index contributed by atoms with van der Waals surface area (Å²) in [5.74, 6) is -0.512. The van der Waals surface area contributed by atoms with E-state index >= 15 is 0 Å². The van der Waals surface area contributed by atoms with Crippen LogP contribution in [-0.4, -0.2) is 18.9 Å². The average molecular weight is 447 g/mol. The lowest BCUT2D eigenvalue weighted by Gasteiger charge is -2.00. The topological polar surface area (TPSA) is 97.5 Å². The van der Waals surface area contributed by atoms with E-state index in [1.165, 1.54) is 6.08 Å². The van der Waals surface area contributed by atoms with E-state index < -0.39 is 16.0 Å². The molecule has 0 fully saturated rings. The van der Waals surface area contributed by atoms with Crippen LogP contribution in [0.3, 0.4) is 0 Å². The standard InChI is InChI=1S/C10H12O3S.C7H5BrClNO/c1-8-3-4-10(9(2)7-8)5-6-14(11,12)13;8-4-1-2-5(7(10)11)6(9)3-4/h3-7H,1-2H3,(H,11,12,13);1-3H,(H2,10,11). The van der Waals surface area contributed by atoms with Gasteiger partial charge in [0.05, 0.1) is 16.0 Å². The second-order valence-corrected chi connectivity index (χ2v) is 7.79. The number of aryl methyl sites for hydroxylation is 2. The van der Waals surface area contributed by atoms with E-state index in [1.807, 2.05) is 32.0 Å². The van der Waals surface area contributed by atoms with Crippen LogP contribution in [0.5, 0.6) is 0 Å². The lowest BCUT2D eigenvalue weighted by atomic mass is 10.1. The Bertz CT molecular complexity index is 911. The number of carbonyl (C=O) groups is 1. The molecule has 0 aliphatic carbocycles. The lowest BCUT2D eigenvalue weighted by molar-refractivity contribution is 0.100. The third-order valence-corrected chi connectivity index (χ3v) is 4.33. The Balaban J connectivity index is 0.000000257. The first kappa shape index (κ1) is 21.4. The summed E-state index contributed by atoms with van der Waals surface area (Å²) >= 11 is 8.90. The Morgan fingerprint density at radius 1 is 1.20 bits per heavy atom. The van der Waals surface area contributed by atoms with Gasteiger partial charge in [-0.1, -0.05) is 51.3 Å². The normalized spacial score (nSPS) is 11.1. The molecule has 2 aromatic rings. The van der Waals surface area contributed by atoms with E-state index in [0.29, 0.717) is 10.6 Å². The number of rotatable bonds is 3. The van der Waals surface area contributed by atoms with Crippen LogP contribution in [0.2, 0.25) is 5.02 Å². The maximum absolute atomic E-state index is 10.7. The van der Waals surface area contributed by atoms with Gasteiger partial charge in [0, 0.05) is 4.47 Å². The fourth-order valence-electron chi connectivity index (χ4n) is 1.86. The summed E-state index contributed by atoms with van der Waals surface area (Å²) < 4.78 is 30.2. The van der Waals surface area contributed by atoms with Crippen LogP contribution in [0, 0.1) is 13.8 Å². The zero-order chi connectivity index (χ0) is 19.2. The van der Waals surface area contributed by atoms with Gasteiger partial charge in [-0.2, -0.15) is 8.42 Å².